The van der Waals surface area contributed by atoms with Crippen LogP contribution in [-0.4, -0.2) is 84.3 Å². The minimum atomic E-state index is -0.451. The van der Waals surface area contributed by atoms with Crippen LogP contribution >= 0.6 is 23.4 Å². The van der Waals surface area contributed by atoms with Crippen LogP contribution in [0.2, 0.25) is 5.15 Å². The lowest BCUT2D eigenvalue weighted by molar-refractivity contribution is -0.169. The molecular weight excluding hydrogens is 456 g/mol. The molecule has 3 aliphatic rings. The molecule has 0 N–H and O–H groups in total. The van der Waals surface area contributed by atoms with Crippen LogP contribution in [0.15, 0.2) is 11.2 Å². The summed E-state index contributed by atoms with van der Waals surface area (Å²) in [6.07, 6.45) is 3.09. The van der Waals surface area contributed by atoms with E-state index in [9.17, 15) is 9.59 Å². The highest BCUT2D eigenvalue weighted by atomic mass is 35.5. The van der Waals surface area contributed by atoms with Crippen LogP contribution in [0.25, 0.3) is 0 Å². The first-order chi connectivity index (χ1) is 15.5. The number of carbonyl (C=O) groups is 2. The van der Waals surface area contributed by atoms with Gasteiger partial charge in [-0.05, 0) is 19.8 Å². The largest absolute Gasteiger partial charge is 0.466 e. The number of nitrogens with zero attached hydrogens (tertiary/aromatic N) is 4. The molecule has 1 spiro atoms. The predicted octanol–water partition coefficient (Wildman–Crippen LogP) is 2.37. The fourth-order valence-electron chi connectivity index (χ4n) is 4.35. The fourth-order valence-corrected chi connectivity index (χ4v) is 5.33. The number of esters is 1. The number of amides is 1. The summed E-state index contributed by atoms with van der Waals surface area (Å²) in [5.41, 5.74) is 0. The molecule has 1 aromatic heterocycles. The summed E-state index contributed by atoms with van der Waals surface area (Å²) in [6, 6.07) is 1.75. The molecule has 11 heteroatoms. The maximum atomic E-state index is 12.7. The van der Waals surface area contributed by atoms with Crippen molar-refractivity contribution in [2.24, 2.45) is 5.92 Å². The average Bonchev–Trinajstić information content (AvgIpc) is 3.25. The van der Waals surface area contributed by atoms with Crippen molar-refractivity contribution in [3.05, 3.63) is 11.2 Å². The Morgan fingerprint density at radius 2 is 2.00 bits per heavy atom. The molecule has 0 aromatic carbocycles. The van der Waals surface area contributed by atoms with Crippen LogP contribution in [0.3, 0.4) is 0 Å². The first-order valence-electron chi connectivity index (χ1n) is 11.1. The lowest BCUT2D eigenvalue weighted by atomic mass is 9.98. The topological polar surface area (TPSA) is 94.1 Å². The van der Waals surface area contributed by atoms with Gasteiger partial charge in [0.1, 0.15) is 11.0 Å². The van der Waals surface area contributed by atoms with Crippen molar-refractivity contribution in [3.63, 3.8) is 0 Å². The number of rotatable bonds is 6. The van der Waals surface area contributed by atoms with Crippen LogP contribution in [-0.2, 0) is 23.8 Å². The van der Waals surface area contributed by atoms with Crippen LogP contribution in [0.5, 0.6) is 0 Å². The number of aromatic nitrogens is 2. The van der Waals surface area contributed by atoms with Gasteiger partial charge in [0.2, 0.25) is 5.91 Å². The van der Waals surface area contributed by atoms with Crippen LogP contribution in [0.1, 0.15) is 32.6 Å². The first kappa shape index (κ1) is 23.5. The Morgan fingerprint density at radius 3 is 2.72 bits per heavy atom. The third-order valence-electron chi connectivity index (χ3n) is 6.04. The number of hydrogen-bond donors (Lipinski definition) is 0. The summed E-state index contributed by atoms with van der Waals surface area (Å²) in [6.45, 7) is 5.98. The molecule has 9 nitrogen and oxygen atoms in total. The van der Waals surface area contributed by atoms with Gasteiger partial charge in [0.25, 0.3) is 0 Å². The smallest absolute Gasteiger partial charge is 0.310 e. The van der Waals surface area contributed by atoms with Gasteiger partial charge in [-0.25, -0.2) is 9.97 Å². The molecular formula is C21H29ClN4O5S. The Labute approximate surface area is 197 Å². The van der Waals surface area contributed by atoms with Gasteiger partial charge < -0.3 is 24.0 Å². The molecule has 0 aliphatic carbocycles. The third kappa shape index (κ3) is 5.65. The number of carbonyl (C=O) groups excluding carboxylic acids is 2. The molecule has 3 saturated heterocycles. The molecule has 1 unspecified atom stereocenters. The average molecular weight is 485 g/mol. The molecule has 3 aliphatic heterocycles. The van der Waals surface area contributed by atoms with E-state index in [4.69, 9.17) is 25.8 Å². The highest BCUT2D eigenvalue weighted by molar-refractivity contribution is 7.99. The zero-order valence-corrected chi connectivity index (χ0v) is 19.8. The first-order valence-corrected chi connectivity index (χ1v) is 12.5. The second kappa shape index (κ2) is 10.5. The van der Waals surface area contributed by atoms with Crippen molar-refractivity contribution in [1.82, 2.24) is 14.9 Å². The van der Waals surface area contributed by atoms with E-state index in [2.05, 4.69) is 14.9 Å². The molecule has 4 heterocycles. The lowest BCUT2D eigenvalue weighted by Crippen LogP contribution is -2.45. The molecule has 32 heavy (non-hydrogen) atoms. The number of thioether (sulfide) groups is 1. The van der Waals surface area contributed by atoms with Crippen molar-refractivity contribution >= 4 is 41.1 Å². The van der Waals surface area contributed by atoms with E-state index in [1.807, 2.05) is 0 Å². The van der Waals surface area contributed by atoms with E-state index < -0.39 is 5.79 Å². The van der Waals surface area contributed by atoms with E-state index in [1.165, 1.54) is 11.8 Å². The molecule has 176 valence electrons. The quantitative estimate of drug-likeness (QED) is 0.261. The van der Waals surface area contributed by atoms with Gasteiger partial charge in [0.15, 0.2) is 10.9 Å². The minimum Gasteiger partial charge on any atom is -0.466 e. The van der Waals surface area contributed by atoms with Crippen molar-refractivity contribution in [2.45, 2.75) is 43.6 Å². The minimum absolute atomic E-state index is 0.0374. The van der Waals surface area contributed by atoms with Gasteiger partial charge in [-0.15, -0.1) is 0 Å². The third-order valence-corrected chi connectivity index (χ3v) is 7.07. The second-order valence-corrected chi connectivity index (χ2v) is 9.48. The summed E-state index contributed by atoms with van der Waals surface area (Å²) in [5, 5.41) is 0.812. The Hall–Kier alpha value is -1.62. The fraction of sp³-hybridized carbons (Fsp3) is 0.714. The molecule has 1 atom stereocenters. The Bertz CT molecular complexity index is 828. The zero-order chi connectivity index (χ0) is 22.6. The zero-order valence-electron chi connectivity index (χ0n) is 18.3. The molecule has 0 saturated carbocycles. The van der Waals surface area contributed by atoms with Crippen LogP contribution < -0.4 is 4.90 Å². The molecule has 0 bridgehead atoms. The van der Waals surface area contributed by atoms with E-state index in [1.54, 1.807) is 17.9 Å². The molecule has 4 rings (SSSR count). The maximum Gasteiger partial charge on any atom is 0.310 e. The number of hydrogen-bond acceptors (Lipinski definition) is 9. The Balaban J connectivity index is 1.32. The predicted molar refractivity (Wildman–Crippen MR) is 120 cm³/mol. The normalized spacial score (nSPS) is 22.9. The van der Waals surface area contributed by atoms with Crippen molar-refractivity contribution in [3.8, 4) is 0 Å². The van der Waals surface area contributed by atoms with Gasteiger partial charge in [0, 0.05) is 45.1 Å². The molecule has 1 aromatic rings. The van der Waals surface area contributed by atoms with Crippen molar-refractivity contribution in [2.75, 3.05) is 56.7 Å². The summed E-state index contributed by atoms with van der Waals surface area (Å²) >= 11 is 7.51. The maximum absolute atomic E-state index is 12.7. The van der Waals surface area contributed by atoms with E-state index in [0.717, 1.165) is 44.6 Å². The highest BCUT2D eigenvalue weighted by Crippen LogP contribution is 2.33. The van der Waals surface area contributed by atoms with E-state index in [0.29, 0.717) is 43.2 Å². The molecule has 1 amide bonds. The number of anilines is 1. The monoisotopic (exact) mass is 484 g/mol. The van der Waals surface area contributed by atoms with Crippen LogP contribution in [0.4, 0.5) is 5.82 Å². The standard InChI is InChI=1S/C21H29ClN4O5S/c1-2-29-19(28)15-4-3-7-26(13-15)18(27)14-32-20-23-16(22)12-17(24-20)25-8-5-21(6-9-25)30-10-11-31-21/h12,15H,2-11,13-14H2,1H3. The summed E-state index contributed by atoms with van der Waals surface area (Å²) in [7, 11) is 0. The summed E-state index contributed by atoms with van der Waals surface area (Å²) in [4.78, 5) is 37.6. The van der Waals surface area contributed by atoms with Crippen molar-refractivity contribution < 1.29 is 23.8 Å². The van der Waals surface area contributed by atoms with Gasteiger partial charge >= 0.3 is 5.97 Å². The van der Waals surface area contributed by atoms with Crippen LogP contribution in [0, 0.1) is 5.92 Å². The number of piperidine rings is 2. The van der Waals surface area contributed by atoms with E-state index >= 15 is 0 Å². The van der Waals surface area contributed by atoms with E-state index in [-0.39, 0.29) is 23.5 Å². The second-order valence-electron chi connectivity index (χ2n) is 8.15. The lowest BCUT2D eigenvalue weighted by Gasteiger charge is -2.38. The summed E-state index contributed by atoms with van der Waals surface area (Å²) < 4.78 is 16.7. The highest BCUT2D eigenvalue weighted by Gasteiger charge is 2.40. The van der Waals surface area contributed by atoms with Gasteiger partial charge in [-0.2, -0.15) is 0 Å². The number of halogens is 1. The van der Waals surface area contributed by atoms with Crippen molar-refractivity contribution in [1.29, 1.82) is 0 Å². The molecule has 3 fully saturated rings. The SMILES string of the molecule is CCOC(=O)C1CCCN(C(=O)CSc2nc(Cl)cc(N3CCC4(CC3)OCCO4)n2)C1. The van der Waals surface area contributed by atoms with Gasteiger partial charge in [0.05, 0.1) is 31.5 Å². The molecule has 0 radical (unpaired) electrons. The van der Waals surface area contributed by atoms with Gasteiger partial charge in [-0.3, -0.25) is 9.59 Å². The van der Waals surface area contributed by atoms with Gasteiger partial charge in [-0.1, -0.05) is 23.4 Å². The Kier molecular flexibility index (Phi) is 7.75. The summed E-state index contributed by atoms with van der Waals surface area (Å²) in [5.74, 6) is -0.0235. The Morgan fingerprint density at radius 1 is 1.25 bits per heavy atom. The number of likely N-dealkylation sites (tertiary alicyclic amines) is 1. The number of ether oxygens (including phenoxy) is 3.